The normalized spacial score (nSPS) is 7.47. The molecule has 15 heavy (non-hydrogen) atoms. The largest absolute Gasteiger partial charge is 0.116 e. The minimum Gasteiger partial charge on any atom is -0.116 e. The van der Waals surface area contributed by atoms with Crippen LogP contribution in [0.25, 0.3) is 0 Å². The Morgan fingerprint density at radius 3 is 0.467 bits per heavy atom. The van der Waals surface area contributed by atoms with E-state index in [1.54, 1.807) is 0 Å². The van der Waals surface area contributed by atoms with Crippen molar-refractivity contribution in [2.45, 2.75) is 0 Å². The van der Waals surface area contributed by atoms with Crippen LogP contribution in [0.15, 0.2) is 13.2 Å². The monoisotopic (exact) mass is 315 g/mol. The average Bonchev–Trinajstić information content (AvgIpc) is 1.86. The predicted octanol–water partition coefficient (Wildman–Crippen LogP) is 4.87. The van der Waals surface area contributed by atoms with E-state index < -0.39 is 0 Å². The summed E-state index contributed by atoms with van der Waals surface area (Å²) in [4.78, 5) is 0. The molecule has 1 radical (unpaired) electrons. The van der Waals surface area contributed by atoms with Gasteiger partial charge in [0.15, 0.2) is 0 Å². The molecule has 0 bridgehead atoms. The molecular weight excluding hydrogens is 284 g/mol. The van der Waals surface area contributed by atoms with Gasteiger partial charge in [-0.15, -0.1) is 36.9 Å². The van der Waals surface area contributed by atoms with E-state index in [1.165, 1.54) is 0 Å². The molecule has 0 aliphatic rings. The van der Waals surface area contributed by atoms with Crippen molar-refractivity contribution in [3.8, 4) is 0 Å². The maximum Gasteiger partial charge on any atom is 0 e. The molecule has 0 aromatic heterocycles. The fraction of sp³-hybridized carbons (Fsp3) is 0.818. The van der Waals surface area contributed by atoms with Gasteiger partial charge in [-0.1, -0.05) is 0 Å². The van der Waals surface area contributed by atoms with Gasteiger partial charge in [0.25, 0.3) is 0 Å². The van der Waals surface area contributed by atoms with Gasteiger partial charge < -0.3 is 0 Å². The van der Waals surface area contributed by atoms with Crippen LogP contribution in [0.3, 0.4) is 0 Å². The SMILES string of the molecule is C=C.CP(C)C.CP(C)C.CP(C)C.[Co]. The fourth-order valence-electron chi connectivity index (χ4n) is 0. The molecule has 0 amide bonds. The average molecular weight is 315 g/mol. The Hall–Kier alpha value is 1.54. The van der Waals surface area contributed by atoms with Crippen LogP contribution in [0.4, 0.5) is 0 Å². The molecule has 99 valence electrons. The van der Waals surface area contributed by atoms with Gasteiger partial charge in [-0.3, -0.25) is 0 Å². The Morgan fingerprint density at radius 2 is 0.467 bits per heavy atom. The second-order valence-electron chi connectivity index (χ2n) is 4.02. The summed E-state index contributed by atoms with van der Waals surface area (Å²) >= 11 is 0. The minimum atomic E-state index is 0. The third-order valence-corrected chi connectivity index (χ3v) is 0. The van der Waals surface area contributed by atoms with Gasteiger partial charge in [-0.2, -0.15) is 0 Å². The summed E-state index contributed by atoms with van der Waals surface area (Å²) in [5, 5.41) is 0. The molecular formula is C11H31CoP3. The summed E-state index contributed by atoms with van der Waals surface area (Å²) in [6.07, 6.45) is 0. The van der Waals surface area contributed by atoms with Crippen molar-refractivity contribution < 1.29 is 16.8 Å². The summed E-state index contributed by atoms with van der Waals surface area (Å²) in [5.41, 5.74) is 0. The van der Waals surface area contributed by atoms with E-state index in [4.69, 9.17) is 0 Å². The zero-order valence-corrected chi connectivity index (χ0v) is 15.8. The molecule has 0 N–H and O–H groups in total. The van der Waals surface area contributed by atoms with Crippen LogP contribution in [0.2, 0.25) is 0 Å². The second kappa shape index (κ2) is 29.6. The van der Waals surface area contributed by atoms with Gasteiger partial charge in [0, 0.05) is 16.8 Å². The number of rotatable bonds is 0. The molecule has 0 nitrogen and oxygen atoms in total. The maximum absolute atomic E-state index is 3.00. The van der Waals surface area contributed by atoms with Crippen molar-refractivity contribution in [2.75, 3.05) is 60.0 Å². The molecule has 0 heterocycles. The first-order valence-electron chi connectivity index (χ1n) is 4.52. The molecule has 0 unspecified atom stereocenters. The molecule has 4 heteroatoms. The molecule has 0 atom stereocenters. The van der Waals surface area contributed by atoms with Gasteiger partial charge in [0.1, 0.15) is 0 Å². The van der Waals surface area contributed by atoms with Crippen LogP contribution >= 0.6 is 23.8 Å². The molecule has 0 aromatic rings. The van der Waals surface area contributed by atoms with E-state index in [0.29, 0.717) is 23.8 Å². The molecule has 0 aliphatic carbocycles. The predicted molar refractivity (Wildman–Crippen MR) is 85.3 cm³/mol. The summed E-state index contributed by atoms with van der Waals surface area (Å²) in [6.45, 7) is 26.1. The quantitative estimate of drug-likeness (QED) is 0.442. The Balaban J connectivity index is -0.0000000298. The summed E-state index contributed by atoms with van der Waals surface area (Å²) < 4.78 is 0. The Kier molecular flexibility index (Phi) is 59.1. The van der Waals surface area contributed by atoms with Gasteiger partial charge in [0.05, 0.1) is 0 Å². The third kappa shape index (κ3) is 1210. The van der Waals surface area contributed by atoms with Gasteiger partial charge in [-0.25, -0.2) is 0 Å². The van der Waals surface area contributed by atoms with E-state index in [1.807, 2.05) is 0 Å². The van der Waals surface area contributed by atoms with Crippen molar-refractivity contribution >= 4 is 23.8 Å². The van der Waals surface area contributed by atoms with E-state index in [-0.39, 0.29) is 16.8 Å². The summed E-state index contributed by atoms with van der Waals surface area (Å²) in [6, 6.07) is 0. The van der Waals surface area contributed by atoms with E-state index in [9.17, 15) is 0 Å². The van der Waals surface area contributed by atoms with Gasteiger partial charge in [0.2, 0.25) is 0 Å². The first-order valence-corrected chi connectivity index (χ1v) is 12.6. The first kappa shape index (κ1) is 30.0. The van der Waals surface area contributed by atoms with Crippen LogP contribution in [-0.2, 0) is 16.8 Å². The molecule has 0 aliphatic heterocycles. The first-order chi connectivity index (χ1) is 6.20. The van der Waals surface area contributed by atoms with E-state index in [2.05, 4.69) is 73.1 Å². The second-order valence-corrected chi connectivity index (χ2v) is 12.1. The van der Waals surface area contributed by atoms with Crippen molar-refractivity contribution in [1.82, 2.24) is 0 Å². The summed E-state index contributed by atoms with van der Waals surface area (Å²) in [7, 11) is 1.14. The van der Waals surface area contributed by atoms with E-state index >= 15 is 0 Å². The molecule has 0 saturated heterocycles. The summed E-state index contributed by atoms with van der Waals surface area (Å²) in [5.74, 6) is 0. The molecule has 0 rings (SSSR count). The maximum atomic E-state index is 3.00. The van der Waals surface area contributed by atoms with Crippen molar-refractivity contribution in [1.29, 1.82) is 0 Å². The van der Waals surface area contributed by atoms with Gasteiger partial charge in [-0.05, 0) is 60.0 Å². The topological polar surface area (TPSA) is 0 Å². The molecule has 0 fully saturated rings. The zero-order chi connectivity index (χ0) is 12.7. The minimum absolute atomic E-state index is 0. The Morgan fingerprint density at radius 1 is 0.467 bits per heavy atom. The smallest absolute Gasteiger partial charge is 0 e. The number of hydrogen-bond acceptors (Lipinski definition) is 0. The van der Waals surface area contributed by atoms with Crippen molar-refractivity contribution in [2.24, 2.45) is 0 Å². The molecule has 0 saturated carbocycles. The van der Waals surface area contributed by atoms with Crippen LogP contribution in [-0.4, -0.2) is 60.0 Å². The molecule has 0 aromatic carbocycles. The fourth-order valence-corrected chi connectivity index (χ4v) is 0. The third-order valence-electron chi connectivity index (χ3n) is 0. The van der Waals surface area contributed by atoms with Crippen LogP contribution < -0.4 is 0 Å². The molecule has 0 spiro atoms. The van der Waals surface area contributed by atoms with E-state index in [0.717, 1.165) is 0 Å². The zero-order valence-electron chi connectivity index (χ0n) is 12.1. The van der Waals surface area contributed by atoms with Crippen LogP contribution in [0, 0.1) is 0 Å². The Bertz CT molecular complexity index is 53.7. The van der Waals surface area contributed by atoms with Gasteiger partial charge >= 0.3 is 0 Å². The number of hydrogen-bond donors (Lipinski definition) is 0. The Labute approximate surface area is 114 Å². The van der Waals surface area contributed by atoms with Crippen molar-refractivity contribution in [3.05, 3.63) is 13.2 Å². The van der Waals surface area contributed by atoms with Crippen LogP contribution in [0.1, 0.15) is 0 Å². The van der Waals surface area contributed by atoms with Crippen molar-refractivity contribution in [3.63, 3.8) is 0 Å². The van der Waals surface area contributed by atoms with Crippen LogP contribution in [0.5, 0.6) is 0 Å². The standard InChI is InChI=1S/3C3H9P.C2H4.Co/c3*1-4(2)3;1-2;/h3*1-3H3;1-2H2;.